The number of carbonyl (C=O) groups is 1. The molecule has 0 radical (unpaired) electrons. The number of hydrogen-bond donors (Lipinski definition) is 0. The van der Waals surface area contributed by atoms with Crippen molar-refractivity contribution in [2.45, 2.75) is 6.18 Å². The van der Waals surface area contributed by atoms with E-state index < -0.39 is 11.7 Å². The van der Waals surface area contributed by atoms with Crippen LogP contribution >= 0.6 is 0 Å². The lowest BCUT2D eigenvalue weighted by molar-refractivity contribution is -0.137. The highest BCUT2D eigenvalue weighted by Crippen LogP contribution is 2.32. The fourth-order valence-electron chi connectivity index (χ4n) is 3.42. The lowest BCUT2D eigenvalue weighted by Crippen LogP contribution is -2.48. The summed E-state index contributed by atoms with van der Waals surface area (Å²) in [6.07, 6.45) is -1.55. The van der Waals surface area contributed by atoms with E-state index in [-0.39, 0.29) is 11.7 Å². The summed E-state index contributed by atoms with van der Waals surface area (Å²) < 4.78 is 51.9. The van der Waals surface area contributed by atoms with Gasteiger partial charge in [-0.25, -0.2) is 14.4 Å². The zero-order valence-electron chi connectivity index (χ0n) is 16.3. The molecule has 9 heteroatoms. The van der Waals surface area contributed by atoms with Gasteiger partial charge in [0.05, 0.1) is 11.1 Å². The monoisotopic (exact) mass is 430 g/mol. The summed E-state index contributed by atoms with van der Waals surface area (Å²) >= 11 is 0. The van der Waals surface area contributed by atoms with Gasteiger partial charge in [-0.2, -0.15) is 13.2 Å². The van der Waals surface area contributed by atoms with E-state index in [1.807, 2.05) is 4.90 Å². The Morgan fingerprint density at radius 1 is 0.903 bits per heavy atom. The van der Waals surface area contributed by atoms with Crippen LogP contribution in [0.2, 0.25) is 0 Å². The summed E-state index contributed by atoms with van der Waals surface area (Å²) in [6, 6.07) is 10.9. The van der Waals surface area contributed by atoms with Crippen LogP contribution in [0.15, 0.2) is 60.9 Å². The van der Waals surface area contributed by atoms with Crippen molar-refractivity contribution in [3.05, 3.63) is 77.9 Å². The second-order valence-corrected chi connectivity index (χ2v) is 7.13. The first-order chi connectivity index (χ1) is 14.8. The molecule has 0 N–H and O–H groups in total. The fourth-order valence-corrected chi connectivity index (χ4v) is 3.42. The first kappa shape index (κ1) is 20.8. The lowest BCUT2D eigenvalue weighted by atomic mass is 10.1. The van der Waals surface area contributed by atoms with Crippen molar-refractivity contribution in [1.82, 2.24) is 14.9 Å². The molecule has 31 heavy (non-hydrogen) atoms. The van der Waals surface area contributed by atoms with Crippen LogP contribution in [0.25, 0.3) is 11.4 Å². The van der Waals surface area contributed by atoms with E-state index in [9.17, 15) is 22.4 Å². The highest BCUT2D eigenvalue weighted by molar-refractivity contribution is 5.94. The average molecular weight is 430 g/mol. The fraction of sp³-hybridized carbons (Fsp3) is 0.227. The topological polar surface area (TPSA) is 49.3 Å². The maximum Gasteiger partial charge on any atom is 0.416 e. The normalized spacial score (nSPS) is 14.6. The van der Waals surface area contributed by atoms with E-state index in [1.54, 1.807) is 23.1 Å². The number of piperazine rings is 1. The summed E-state index contributed by atoms with van der Waals surface area (Å²) in [5, 5.41) is 0. The summed E-state index contributed by atoms with van der Waals surface area (Å²) in [5.74, 6) is -0.222. The Labute approximate surface area is 176 Å². The van der Waals surface area contributed by atoms with Gasteiger partial charge in [0.25, 0.3) is 5.91 Å². The summed E-state index contributed by atoms with van der Waals surface area (Å²) in [6.45, 7) is 1.58. The number of anilines is 1. The van der Waals surface area contributed by atoms with E-state index in [2.05, 4.69) is 9.97 Å². The molecule has 1 amide bonds. The van der Waals surface area contributed by atoms with Gasteiger partial charge in [0.2, 0.25) is 0 Å². The molecule has 1 aromatic heterocycles. The SMILES string of the molecule is O=C(c1cnc(-c2ccc(F)cc2)nc1)N1CCN(c2cccc(C(F)(F)F)c2)CC1. The van der Waals surface area contributed by atoms with Gasteiger partial charge in [-0.3, -0.25) is 4.79 Å². The van der Waals surface area contributed by atoms with Crippen LogP contribution < -0.4 is 4.90 Å². The highest BCUT2D eigenvalue weighted by atomic mass is 19.4. The van der Waals surface area contributed by atoms with Gasteiger partial charge in [0, 0.05) is 49.8 Å². The number of alkyl halides is 3. The number of carbonyl (C=O) groups excluding carboxylic acids is 1. The molecule has 1 aliphatic rings. The minimum absolute atomic E-state index is 0.241. The third-order valence-corrected chi connectivity index (χ3v) is 5.11. The van der Waals surface area contributed by atoms with Crippen molar-refractivity contribution in [1.29, 1.82) is 0 Å². The molecule has 1 aliphatic heterocycles. The van der Waals surface area contributed by atoms with Crippen molar-refractivity contribution in [3.63, 3.8) is 0 Å². The van der Waals surface area contributed by atoms with Crippen molar-refractivity contribution in [2.75, 3.05) is 31.1 Å². The zero-order valence-corrected chi connectivity index (χ0v) is 16.3. The average Bonchev–Trinajstić information content (AvgIpc) is 2.79. The van der Waals surface area contributed by atoms with Crippen LogP contribution in [-0.2, 0) is 6.18 Å². The molecule has 0 aliphatic carbocycles. The minimum atomic E-state index is -4.39. The number of benzene rings is 2. The van der Waals surface area contributed by atoms with Gasteiger partial charge in [0.1, 0.15) is 5.82 Å². The molecule has 4 rings (SSSR count). The molecule has 3 aromatic rings. The maximum atomic E-state index is 13.0. The molecule has 160 valence electrons. The Morgan fingerprint density at radius 2 is 1.55 bits per heavy atom. The smallest absolute Gasteiger partial charge is 0.368 e. The van der Waals surface area contributed by atoms with Crippen LogP contribution in [0.5, 0.6) is 0 Å². The number of aromatic nitrogens is 2. The van der Waals surface area contributed by atoms with Crippen LogP contribution in [0.3, 0.4) is 0 Å². The summed E-state index contributed by atoms with van der Waals surface area (Å²) in [4.78, 5) is 24.6. The number of hydrogen-bond acceptors (Lipinski definition) is 4. The standard InChI is InChI=1S/C22H18F4N4O/c23-18-6-4-15(5-7-18)20-27-13-16(14-28-20)21(31)30-10-8-29(9-11-30)19-3-1-2-17(12-19)22(24,25)26/h1-7,12-14H,8-11H2. The second kappa shape index (κ2) is 8.33. The minimum Gasteiger partial charge on any atom is -0.368 e. The maximum absolute atomic E-state index is 13.0. The first-order valence-corrected chi connectivity index (χ1v) is 9.61. The third-order valence-electron chi connectivity index (χ3n) is 5.11. The van der Waals surface area contributed by atoms with Gasteiger partial charge in [-0.15, -0.1) is 0 Å². The molecule has 0 unspecified atom stereocenters. The van der Waals surface area contributed by atoms with E-state index in [0.29, 0.717) is 48.8 Å². The van der Waals surface area contributed by atoms with E-state index in [1.165, 1.54) is 30.6 Å². The molecule has 1 fully saturated rings. The van der Waals surface area contributed by atoms with Crippen LogP contribution in [0, 0.1) is 5.82 Å². The Hall–Kier alpha value is -3.49. The summed E-state index contributed by atoms with van der Waals surface area (Å²) in [5.41, 5.74) is 0.740. The Kier molecular flexibility index (Phi) is 5.58. The van der Waals surface area contributed by atoms with Crippen molar-refractivity contribution < 1.29 is 22.4 Å². The highest BCUT2D eigenvalue weighted by Gasteiger charge is 2.31. The Morgan fingerprint density at radius 3 is 2.16 bits per heavy atom. The lowest BCUT2D eigenvalue weighted by Gasteiger charge is -2.36. The van der Waals surface area contributed by atoms with Gasteiger partial charge in [0.15, 0.2) is 5.82 Å². The van der Waals surface area contributed by atoms with E-state index in [0.717, 1.165) is 12.1 Å². The number of halogens is 4. The predicted octanol–water partition coefficient (Wildman–Crippen LogP) is 4.26. The molecule has 5 nitrogen and oxygen atoms in total. The molecule has 0 bridgehead atoms. The molecule has 1 saturated heterocycles. The zero-order chi connectivity index (χ0) is 22.0. The van der Waals surface area contributed by atoms with Crippen LogP contribution in [0.1, 0.15) is 15.9 Å². The molecule has 2 aromatic carbocycles. The van der Waals surface area contributed by atoms with Crippen LogP contribution in [0.4, 0.5) is 23.2 Å². The number of nitrogens with zero attached hydrogens (tertiary/aromatic N) is 4. The van der Waals surface area contributed by atoms with Crippen LogP contribution in [-0.4, -0.2) is 47.0 Å². The van der Waals surface area contributed by atoms with Gasteiger partial charge >= 0.3 is 6.18 Å². The van der Waals surface area contributed by atoms with E-state index >= 15 is 0 Å². The molecule has 2 heterocycles. The molecular weight excluding hydrogens is 412 g/mol. The third kappa shape index (κ3) is 4.65. The van der Waals surface area contributed by atoms with E-state index in [4.69, 9.17) is 0 Å². The summed E-state index contributed by atoms with van der Waals surface area (Å²) in [7, 11) is 0. The first-order valence-electron chi connectivity index (χ1n) is 9.61. The molecule has 0 saturated carbocycles. The predicted molar refractivity (Wildman–Crippen MR) is 107 cm³/mol. The molecule has 0 spiro atoms. The van der Waals surface area contributed by atoms with Crippen molar-refractivity contribution in [2.24, 2.45) is 0 Å². The quantitative estimate of drug-likeness (QED) is 0.583. The second-order valence-electron chi connectivity index (χ2n) is 7.13. The Balaban J connectivity index is 1.40. The van der Waals surface area contributed by atoms with Crippen molar-refractivity contribution >= 4 is 11.6 Å². The van der Waals surface area contributed by atoms with Crippen molar-refractivity contribution in [3.8, 4) is 11.4 Å². The van der Waals surface area contributed by atoms with Gasteiger partial charge in [-0.1, -0.05) is 6.07 Å². The molecular formula is C22H18F4N4O. The van der Waals surface area contributed by atoms with Gasteiger partial charge < -0.3 is 9.80 Å². The number of rotatable bonds is 3. The number of amides is 1. The van der Waals surface area contributed by atoms with Gasteiger partial charge in [-0.05, 0) is 42.5 Å². The largest absolute Gasteiger partial charge is 0.416 e. The molecule has 0 atom stereocenters. The Bertz CT molecular complexity index is 1060.